The number of hydrogen-bond donors (Lipinski definition) is 1. The Kier molecular flexibility index (Phi) is 7.38. The number of nitrogens with zero attached hydrogens (tertiary/aromatic N) is 4. The van der Waals surface area contributed by atoms with Crippen LogP contribution in [0.1, 0.15) is 33.7 Å². The fourth-order valence-electron chi connectivity index (χ4n) is 5.44. The summed E-state index contributed by atoms with van der Waals surface area (Å²) in [5, 5.41) is 9.48. The molecule has 1 N–H and O–H groups in total. The van der Waals surface area contributed by atoms with Gasteiger partial charge in [-0.05, 0) is 66.1 Å². The van der Waals surface area contributed by atoms with Crippen molar-refractivity contribution in [1.29, 1.82) is 0 Å². The van der Waals surface area contributed by atoms with Gasteiger partial charge in [-0.3, -0.25) is 4.79 Å². The maximum atomic E-state index is 15.5. The molecule has 1 aliphatic heterocycles. The molecule has 7 rings (SSSR count). The molecule has 0 spiro atoms. The van der Waals surface area contributed by atoms with Crippen LogP contribution < -0.4 is 9.61 Å². The number of fused-ring (bicyclic) bond motifs is 2. The summed E-state index contributed by atoms with van der Waals surface area (Å²) in [4.78, 5) is 32.5. The lowest BCUT2D eigenvalue weighted by Crippen LogP contribution is -2.31. The first-order chi connectivity index (χ1) is 21.7. The molecule has 1 aliphatic rings. The van der Waals surface area contributed by atoms with Crippen LogP contribution in [0, 0.1) is 11.6 Å². The van der Waals surface area contributed by atoms with Crippen LogP contribution in [-0.4, -0.2) is 42.9 Å². The second-order valence-corrected chi connectivity index (χ2v) is 11.9. The number of ether oxygens (including phenoxy) is 2. The molecule has 45 heavy (non-hydrogen) atoms. The van der Waals surface area contributed by atoms with Crippen LogP contribution in [0.15, 0.2) is 71.5 Å². The largest absolute Gasteiger partial charge is 0.478 e. The average Bonchev–Trinajstić information content (AvgIpc) is 3.49. The third kappa shape index (κ3) is 5.58. The summed E-state index contributed by atoms with van der Waals surface area (Å²) >= 11 is 1.15. The molecule has 3 aromatic heterocycles. The molecule has 1 saturated heterocycles. The van der Waals surface area contributed by atoms with Crippen molar-refractivity contribution < 1.29 is 28.2 Å². The van der Waals surface area contributed by atoms with Gasteiger partial charge in [-0.2, -0.15) is 0 Å². The zero-order valence-electron chi connectivity index (χ0n) is 24.0. The zero-order chi connectivity index (χ0) is 31.2. The molecule has 228 valence electrons. The second-order valence-electron chi connectivity index (χ2n) is 10.9. The van der Waals surface area contributed by atoms with E-state index < -0.39 is 17.6 Å². The van der Waals surface area contributed by atoms with E-state index in [1.807, 2.05) is 22.8 Å². The van der Waals surface area contributed by atoms with Crippen LogP contribution in [0.3, 0.4) is 0 Å². The number of pyridine rings is 1. The number of carboxylic acids is 1. The smallest absolute Gasteiger partial charge is 0.335 e. The molecule has 0 aliphatic carbocycles. The van der Waals surface area contributed by atoms with Crippen LogP contribution in [0.5, 0.6) is 5.88 Å². The molecule has 1 atom stereocenters. The standard InChI is InChI=1S/C33H26F2N4O5S/c1-38-27-8-5-18(11-29(27)45-33(38)42)17-44-31-4-2-3-25(37-31)22-15-23(34)20(12-24(22)35)14-30-36-26-7-6-19(32(40)41)13-28(26)39(30)16-21-9-10-43-21/h2-8,11-13,15,21H,9-10,14,16-17H2,1H3,(H,40,41)/t21-/m0/s1. The van der Waals surface area contributed by atoms with Gasteiger partial charge in [-0.25, -0.2) is 23.5 Å². The van der Waals surface area contributed by atoms with Gasteiger partial charge < -0.3 is 23.7 Å². The molecule has 4 heterocycles. The normalized spacial score (nSPS) is 14.6. The maximum absolute atomic E-state index is 15.5. The first-order valence-corrected chi connectivity index (χ1v) is 15.1. The van der Waals surface area contributed by atoms with E-state index in [0.717, 1.165) is 45.7 Å². The van der Waals surface area contributed by atoms with E-state index in [9.17, 15) is 14.7 Å². The number of aromatic nitrogens is 4. The Balaban J connectivity index is 1.14. The fraction of sp³-hybridized carbons (Fsp3) is 0.212. The van der Waals surface area contributed by atoms with Crippen molar-refractivity contribution >= 4 is 38.6 Å². The molecule has 9 nitrogen and oxygen atoms in total. The lowest BCUT2D eigenvalue weighted by molar-refractivity contribution is -0.0589. The van der Waals surface area contributed by atoms with Crippen LogP contribution in [0.2, 0.25) is 0 Å². The fourth-order valence-corrected chi connectivity index (χ4v) is 6.38. The Hall–Kier alpha value is -4.94. The van der Waals surface area contributed by atoms with Crippen molar-refractivity contribution in [2.24, 2.45) is 7.05 Å². The number of imidazole rings is 1. The van der Waals surface area contributed by atoms with Crippen LogP contribution in [0.4, 0.5) is 8.78 Å². The van der Waals surface area contributed by atoms with Gasteiger partial charge in [0.25, 0.3) is 0 Å². The van der Waals surface area contributed by atoms with Gasteiger partial charge in [0.1, 0.15) is 24.1 Å². The summed E-state index contributed by atoms with van der Waals surface area (Å²) in [5.41, 5.74) is 3.25. The van der Waals surface area contributed by atoms with Crippen molar-refractivity contribution in [3.8, 4) is 17.1 Å². The number of carbonyl (C=O) groups is 1. The molecule has 1 fully saturated rings. The minimum absolute atomic E-state index is 0.0100. The monoisotopic (exact) mass is 628 g/mol. The van der Waals surface area contributed by atoms with Gasteiger partial charge in [0.05, 0.1) is 45.2 Å². The van der Waals surface area contributed by atoms with Gasteiger partial charge >= 0.3 is 10.8 Å². The van der Waals surface area contributed by atoms with Crippen molar-refractivity contribution in [2.45, 2.75) is 32.1 Å². The molecule has 0 radical (unpaired) electrons. The van der Waals surface area contributed by atoms with Crippen molar-refractivity contribution in [3.05, 3.63) is 111 Å². The molecule has 12 heteroatoms. The van der Waals surface area contributed by atoms with Crippen LogP contribution >= 0.6 is 11.3 Å². The minimum Gasteiger partial charge on any atom is -0.478 e. The highest BCUT2D eigenvalue weighted by Crippen LogP contribution is 2.29. The van der Waals surface area contributed by atoms with Gasteiger partial charge in [-0.15, -0.1) is 0 Å². The predicted molar refractivity (Wildman–Crippen MR) is 165 cm³/mol. The van der Waals surface area contributed by atoms with Crippen molar-refractivity contribution in [1.82, 2.24) is 19.1 Å². The quantitative estimate of drug-likeness (QED) is 0.211. The van der Waals surface area contributed by atoms with E-state index in [1.54, 1.807) is 35.9 Å². The minimum atomic E-state index is -1.06. The highest BCUT2D eigenvalue weighted by molar-refractivity contribution is 7.16. The second kappa shape index (κ2) is 11.5. The summed E-state index contributed by atoms with van der Waals surface area (Å²) in [7, 11) is 1.72. The Morgan fingerprint density at radius 2 is 1.91 bits per heavy atom. The molecule has 0 amide bonds. The lowest BCUT2D eigenvalue weighted by atomic mass is 10.0. The van der Waals surface area contributed by atoms with Crippen molar-refractivity contribution in [3.63, 3.8) is 0 Å². The summed E-state index contributed by atoms with van der Waals surface area (Å²) in [6.07, 6.45) is 0.770. The van der Waals surface area contributed by atoms with E-state index >= 15 is 8.78 Å². The highest BCUT2D eigenvalue weighted by atomic mass is 32.1. The van der Waals surface area contributed by atoms with Gasteiger partial charge in [0, 0.05) is 31.7 Å². The highest BCUT2D eigenvalue weighted by Gasteiger charge is 2.24. The third-order valence-corrected chi connectivity index (χ3v) is 8.98. The maximum Gasteiger partial charge on any atom is 0.335 e. The Labute approximate surface area is 258 Å². The Bertz CT molecular complexity index is 2170. The summed E-state index contributed by atoms with van der Waals surface area (Å²) in [6, 6.07) is 17.4. The van der Waals surface area contributed by atoms with Crippen LogP contribution in [0.25, 0.3) is 32.5 Å². The molecular weight excluding hydrogens is 602 g/mol. The topological polar surface area (TPSA) is 108 Å². The third-order valence-electron chi connectivity index (χ3n) is 7.98. The van der Waals surface area contributed by atoms with E-state index in [0.29, 0.717) is 30.0 Å². The molecule has 0 unspecified atom stereocenters. The number of rotatable bonds is 9. The molecular formula is C33H26F2N4O5S. The predicted octanol–water partition coefficient (Wildman–Crippen LogP) is 5.95. The summed E-state index contributed by atoms with van der Waals surface area (Å²) in [6.45, 7) is 1.24. The number of aromatic carboxylic acids is 1. The number of halogens is 2. The first-order valence-electron chi connectivity index (χ1n) is 14.2. The van der Waals surface area contributed by atoms with Gasteiger partial charge in [0.15, 0.2) is 0 Å². The van der Waals surface area contributed by atoms with Crippen molar-refractivity contribution in [2.75, 3.05) is 6.61 Å². The van der Waals surface area contributed by atoms with Gasteiger partial charge in [0.2, 0.25) is 5.88 Å². The number of hydrogen-bond acceptors (Lipinski definition) is 7. The van der Waals surface area contributed by atoms with E-state index in [4.69, 9.17) is 9.47 Å². The van der Waals surface area contributed by atoms with Crippen LogP contribution in [-0.2, 0) is 31.4 Å². The summed E-state index contributed by atoms with van der Waals surface area (Å²) in [5.74, 6) is -1.63. The molecule has 3 aromatic carbocycles. The summed E-state index contributed by atoms with van der Waals surface area (Å²) < 4.78 is 46.8. The molecule has 0 saturated carbocycles. The number of aryl methyl sites for hydroxylation is 1. The lowest BCUT2D eigenvalue weighted by Gasteiger charge is -2.27. The molecule has 0 bridgehead atoms. The number of thiazole rings is 1. The van der Waals surface area contributed by atoms with E-state index in [1.165, 1.54) is 12.1 Å². The average molecular weight is 629 g/mol. The van der Waals surface area contributed by atoms with Gasteiger partial charge in [-0.1, -0.05) is 23.5 Å². The SMILES string of the molecule is Cn1c(=O)sc2cc(COc3cccc(-c4cc(F)c(Cc5nc6ccc(C(=O)O)cc6n5C[C@@H]5CCO5)cc4F)n3)ccc21. The zero-order valence-corrected chi connectivity index (χ0v) is 24.8. The molecule has 6 aromatic rings. The Morgan fingerprint density at radius 3 is 2.69 bits per heavy atom. The first kappa shape index (κ1) is 28.8. The van der Waals surface area contributed by atoms with E-state index in [-0.39, 0.29) is 52.3 Å². The number of carboxylic acid groups (broad SMARTS) is 1. The Morgan fingerprint density at radius 1 is 1.07 bits per heavy atom. The van der Waals surface area contributed by atoms with E-state index in [2.05, 4.69) is 9.97 Å². The number of benzene rings is 3.